The van der Waals surface area contributed by atoms with Crippen LogP contribution in [0.15, 0.2) is 24.3 Å². The van der Waals surface area contributed by atoms with Gasteiger partial charge in [-0.3, -0.25) is 0 Å². The van der Waals surface area contributed by atoms with E-state index in [-0.39, 0.29) is 5.75 Å². The van der Waals surface area contributed by atoms with Gasteiger partial charge in [-0.05, 0) is 17.7 Å². The number of nitrogens with zero attached hydrogens (tertiary/aromatic N) is 2. The fourth-order valence-electron chi connectivity index (χ4n) is 2.54. The van der Waals surface area contributed by atoms with Gasteiger partial charge >= 0.3 is 0 Å². The zero-order valence-corrected chi connectivity index (χ0v) is 13.1. The van der Waals surface area contributed by atoms with Crippen LogP contribution in [0.5, 0.6) is 5.75 Å². The Morgan fingerprint density at radius 1 is 1.30 bits per heavy atom. The van der Waals surface area contributed by atoms with Crippen LogP contribution in [0.3, 0.4) is 0 Å². The van der Waals surface area contributed by atoms with E-state index < -0.39 is 0 Å². The van der Waals surface area contributed by atoms with Crippen molar-refractivity contribution >= 4 is 21.3 Å². The van der Waals surface area contributed by atoms with Gasteiger partial charge in [0.1, 0.15) is 21.8 Å². The highest BCUT2D eigenvalue weighted by molar-refractivity contribution is 7.21. The normalized spacial score (nSPS) is 14.5. The van der Waals surface area contributed by atoms with Gasteiger partial charge in [0.05, 0.1) is 18.8 Å². The number of nitrogens with two attached hydrogens (primary N) is 1. The molecule has 1 aliphatic heterocycles. The third-order valence-electron chi connectivity index (χ3n) is 3.61. The molecule has 8 heteroatoms. The average molecular weight is 332 g/mol. The predicted octanol–water partition coefficient (Wildman–Crippen LogP) is 2.05. The molecule has 1 fully saturated rings. The molecule has 1 aliphatic rings. The van der Waals surface area contributed by atoms with E-state index in [1.807, 2.05) is 0 Å². The Balaban J connectivity index is 2.10. The third kappa shape index (κ3) is 3.09. The Kier molecular flexibility index (Phi) is 4.64. The topological polar surface area (TPSA) is 104 Å². The fraction of sp³-hybridized carbons (Fsp3) is 0.267. The Labute approximate surface area is 137 Å². The quantitative estimate of drug-likeness (QED) is 0.736. The summed E-state index contributed by atoms with van der Waals surface area (Å²) < 4.78 is 5.37. The van der Waals surface area contributed by atoms with Crippen LogP contribution < -0.4 is 16.3 Å². The number of phenolic OH excluding ortho intramolecular Hbond substituents is 1. The second kappa shape index (κ2) is 6.85. The SMILES string of the molecule is N#Cc1c(N2CCOCC2)sc(NON)c1-c1ccc(O)cc1. The highest BCUT2D eigenvalue weighted by Gasteiger charge is 2.25. The molecule has 23 heavy (non-hydrogen) atoms. The number of phenols is 1. The van der Waals surface area contributed by atoms with Gasteiger partial charge in [0, 0.05) is 18.7 Å². The van der Waals surface area contributed by atoms with Crippen LogP contribution in [0.25, 0.3) is 11.1 Å². The summed E-state index contributed by atoms with van der Waals surface area (Å²) in [5.74, 6) is 5.32. The van der Waals surface area contributed by atoms with Crippen LogP contribution >= 0.6 is 11.3 Å². The van der Waals surface area contributed by atoms with E-state index in [1.165, 1.54) is 11.3 Å². The molecule has 0 saturated carbocycles. The summed E-state index contributed by atoms with van der Waals surface area (Å²) >= 11 is 1.41. The smallest absolute Gasteiger partial charge is 0.126 e. The summed E-state index contributed by atoms with van der Waals surface area (Å²) in [6, 6.07) is 8.95. The molecule has 2 heterocycles. The molecule has 0 bridgehead atoms. The molecule has 3 rings (SSSR count). The number of nitrogens with one attached hydrogen (secondary N) is 1. The molecule has 0 amide bonds. The number of benzene rings is 1. The predicted molar refractivity (Wildman–Crippen MR) is 88.1 cm³/mol. The molecular weight excluding hydrogens is 316 g/mol. The molecule has 0 unspecified atom stereocenters. The van der Waals surface area contributed by atoms with Crippen LogP contribution in [-0.4, -0.2) is 31.4 Å². The maximum atomic E-state index is 9.68. The van der Waals surface area contributed by atoms with E-state index in [1.54, 1.807) is 24.3 Å². The first kappa shape index (κ1) is 15.6. The van der Waals surface area contributed by atoms with Gasteiger partial charge in [0.25, 0.3) is 0 Å². The van der Waals surface area contributed by atoms with Gasteiger partial charge in [-0.2, -0.15) is 16.1 Å². The Bertz CT molecular complexity index is 718. The second-order valence-electron chi connectivity index (χ2n) is 4.96. The molecule has 0 atom stereocenters. The van der Waals surface area contributed by atoms with Crippen molar-refractivity contribution in [1.29, 1.82) is 5.26 Å². The average Bonchev–Trinajstić information content (AvgIpc) is 2.95. The van der Waals surface area contributed by atoms with Crippen LogP contribution in [-0.2, 0) is 9.68 Å². The fourth-order valence-corrected chi connectivity index (χ4v) is 3.71. The summed E-state index contributed by atoms with van der Waals surface area (Å²) in [7, 11) is 0. The summed E-state index contributed by atoms with van der Waals surface area (Å²) in [6.07, 6.45) is 0. The molecule has 0 radical (unpaired) electrons. The van der Waals surface area contributed by atoms with Crippen molar-refractivity contribution in [3.05, 3.63) is 29.8 Å². The number of aromatic hydroxyl groups is 1. The number of morpholine rings is 1. The molecule has 1 aromatic carbocycles. The monoisotopic (exact) mass is 332 g/mol. The first-order chi connectivity index (χ1) is 11.2. The van der Waals surface area contributed by atoms with Crippen LogP contribution in [0.4, 0.5) is 10.0 Å². The van der Waals surface area contributed by atoms with Crippen molar-refractivity contribution in [3.63, 3.8) is 0 Å². The number of rotatable bonds is 4. The van der Waals surface area contributed by atoms with E-state index >= 15 is 0 Å². The number of hydrogen-bond acceptors (Lipinski definition) is 8. The number of thiophene rings is 1. The Morgan fingerprint density at radius 2 is 2.00 bits per heavy atom. The molecule has 1 saturated heterocycles. The zero-order valence-electron chi connectivity index (χ0n) is 12.3. The minimum absolute atomic E-state index is 0.167. The van der Waals surface area contributed by atoms with Gasteiger partial charge in [-0.25, -0.2) is 5.48 Å². The van der Waals surface area contributed by atoms with E-state index in [2.05, 4.69) is 21.4 Å². The van der Waals surface area contributed by atoms with Crippen molar-refractivity contribution in [1.82, 2.24) is 0 Å². The standard InChI is InChI=1S/C15H16N4O3S/c16-9-12-13(10-1-3-11(20)4-2-10)14(18-22-17)23-15(12)19-5-7-21-8-6-19/h1-4,18,20H,5-8,17H2. The summed E-state index contributed by atoms with van der Waals surface area (Å²) in [4.78, 5) is 6.70. The Morgan fingerprint density at radius 3 is 2.61 bits per heavy atom. The van der Waals surface area contributed by atoms with Crippen molar-refractivity contribution in [2.45, 2.75) is 0 Å². The first-order valence-corrected chi connectivity index (χ1v) is 7.87. The molecule has 7 nitrogen and oxygen atoms in total. The minimum Gasteiger partial charge on any atom is -0.508 e. The number of nitriles is 1. The van der Waals surface area contributed by atoms with Gasteiger partial charge in [0.15, 0.2) is 0 Å². The van der Waals surface area contributed by atoms with Crippen molar-refractivity contribution in [3.8, 4) is 22.9 Å². The van der Waals surface area contributed by atoms with E-state index in [0.717, 1.165) is 23.7 Å². The van der Waals surface area contributed by atoms with Gasteiger partial charge < -0.3 is 14.7 Å². The van der Waals surface area contributed by atoms with Gasteiger partial charge in [-0.15, -0.1) is 0 Å². The van der Waals surface area contributed by atoms with E-state index in [0.29, 0.717) is 29.3 Å². The second-order valence-corrected chi connectivity index (χ2v) is 5.96. The van der Waals surface area contributed by atoms with E-state index in [9.17, 15) is 10.4 Å². The molecule has 120 valence electrons. The summed E-state index contributed by atoms with van der Waals surface area (Å²) in [5, 5.41) is 20.7. The summed E-state index contributed by atoms with van der Waals surface area (Å²) in [6.45, 7) is 2.72. The van der Waals surface area contributed by atoms with Gasteiger partial charge in [-0.1, -0.05) is 23.5 Å². The number of hydrogen-bond donors (Lipinski definition) is 3. The minimum atomic E-state index is 0.167. The largest absolute Gasteiger partial charge is 0.508 e. The molecule has 0 spiro atoms. The van der Waals surface area contributed by atoms with Crippen LogP contribution in [0, 0.1) is 11.3 Å². The van der Waals surface area contributed by atoms with Crippen molar-refractivity contribution < 1.29 is 14.8 Å². The lowest BCUT2D eigenvalue weighted by Gasteiger charge is -2.27. The van der Waals surface area contributed by atoms with E-state index in [4.69, 9.17) is 10.6 Å². The Hall–Kier alpha value is -2.31. The van der Waals surface area contributed by atoms with Crippen molar-refractivity contribution in [2.24, 2.45) is 5.90 Å². The lowest BCUT2D eigenvalue weighted by molar-refractivity contribution is 0.123. The lowest BCUT2D eigenvalue weighted by Crippen LogP contribution is -2.36. The van der Waals surface area contributed by atoms with Gasteiger partial charge in [0.2, 0.25) is 0 Å². The molecule has 4 N–H and O–H groups in total. The maximum Gasteiger partial charge on any atom is 0.126 e. The zero-order chi connectivity index (χ0) is 16.2. The first-order valence-electron chi connectivity index (χ1n) is 7.05. The molecule has 1 aromatic heterocycles. The molecule has 0 aliphatic carbocycles. The van der Waals surface area contributed by atoms with Crippen molar-refractivity contribution in [2.75, 3.05) is 36.7 Å². The highest BCUT2D eigenvalue weighted by Crippen LogP contribution is 2.45. The van der Waals surface area contributed by atoms with Crippen LogP contribution in [0.2, 0.25) is 0 Å². The highest BCUT2D eigenvalue weighted by atomic mass is 32.1. The van der Waals surface area contributed by atoms with Crippen LogP contribution in [0.1, 0.15) is 5.56 Å². The third-order valence-corrected chi connectivity index (χ3v) is 4.75. The molecule has 2 aromatic rings. The number of anilines is 2. The lowest BCUT2D eigenvalue weighted by atomic mass is 10.0. The maximum absolute atomic E-state index is 9.68. The number of ether oxygens (including phenoxy) is 1. The summed E-state index contributed by atoms with van der Waals surface area (Å²) in [5.41, 5.74) is 4.72. The molecular formula is C15H16N4O3S.